The highest BCUT2D eigenvalue weighted by molar-refractivity contribution is 7.26. The van der Waals surface area contributed by atoms with E-state index < -0.39 is 0 Å². The zero-order valence-corrected chi connectivity index (χ0v) is 17.7. The largest absolute Gasteiger partial charge is 0.255 e. The minimum Gasteiger partial charge on any atom is -0.255 e. The average Bonchev–Trinajstić information content (AvgIpc) is 3.01. The number of hydrogen-bond donors (Lipinski definition) is 0. The van der Waals surface area contributed by atoms with E-state index in [0.29, 0.717) is 5.92 Å². The van der Waals surface area contributed by atoms with Crippen molar-refractivity contribution in [2.24, 2.45) is 5.92 Å². The Kier molecular flexibility index (Phi) is 4.55. The third-order valence-electron chi connectivity index (χ3n) is 5.13. The van der Waals surface area contributed by atoms with Crippen LogP contribution in [-0.4, -0.2) is 4.98 Å². The lowest BCUT2D eigenvalue weighted by atomic mass is 9.86. The summed E-state index contributed by atoms with van der Waals surface area (Å²) < 4.78 is 2.72. The number of thiophene rings is 1. The van der Waals surface area contributed by atoms with Crippen molar-refractivity contribution in [2.75, 3.05) is 0 Å². The van der Waals surface area contributed by atoms with Crippen molar-refractivity contribution in [3.8, 4) is 11.3 Å². The first-order valence-electron chi connectivity index (χ1n) is 9.74. The molecule has 0 atom stereocenters. The van der Waals surface area contributed by atoms with Crippen LogP contribution in [0.25, 0.3) is 31.4 Å². The quantitative estimate of drug-likeness (QED) is 0.360. The Morgan fingerprint density at radius 2 is 1.67 bits per heavy atom. The van der Waals surface area contributed by atoms with Crippen LogP contribution < -0.4 is 0 Å². The van der Waals surface area contributed by atoms with Gasteiger partial charge < -0.3 is 0 Å². The summed E-state index contributed by atoms with van der Waals surface area (Å²) in [5, 5.41) is 2.69. The second-order valence-corrected chi connectivity index (χ2v) is 9.88. The van der Waals surface area contributed by atoms with Crippen molar-refractivity contribution >= 4 is 31.5 Å². The molecule has 0 aliphatic carbocycles. The van der Waals surface area contributed by atoms with Gasteiger partial charge in [-0.15, -0.1) is 11.3 Å². The molecule has 0 spiro atoms. The van der Waals surface area contributed by atoms with Gasteiger partial charge in [-0.1, -0.05) is 71.0 Å². The fourth-order valence-electron chi connectivity index (χ4n) is 3.72. The zero-order valence-electron chi connectivity index (χ0n) is 16.8. The predicted molar refractivity (Wildman–Crippen MR) is 120 cm³/mol. The summed E-state index contributed by atoms with van der Waals surface area (Å²) in [6.45, 7) is 11.4. The molecule has 0 radical (unpaired) electrons. The lowest BCUT2D eigenvalue weighted by Gasteiger charge is -2.19. The molecule has 0 aliphatic rings. The van der Waals surface area contributed by atoms with Crippen LogP contribution >= 0.6 is 11.3 Å². The van der Waals surface area contributed by atoms with Crippen LogP contribution in [0.3, 0.4) is 0 Å². The number of rotatable bonds is 3. The first-order valence-corrected chi connectivity index (χ1v) is 10.6. The minimum atomic E-state index is 0.133. The first-order chi connectivity index (χ1) is 12.8. The molecule has 0 N–H and O–H groups in total. The summed E-state index contributed by atoms with van der Waals surface area (Å²) in [5.74, 6) is 0.655. The maximum atomic E-state index is 4.80. The van der Waals surface area contributed by atoms with Gasteiger partial charge in [-0.3, -0.25) is 4.98 Å². The molecule has 0 saturated heterocycles. The highest BCUT2D eigenvalue weighted by Gasteiger charge is 2.17. The van der Waals surface area contributed by atoms with Gasteiger partial charge in [0.25, 0.3) is 0 Å². The highest BCUT2D eigenvalue weighted by Crippen LogP contribution is 2.41. The predicted octanol–water partition coefficient (Wildman–Crippen LogP) is 7.61. The van der Waals surface area contributed by atoms with E-state index in [4.69, 9.17) is 4.98 Å². The molecule has 0 saturated carbocycles. The Hall–Kier alpha value is -2.19. The number of hydrogen-bond acceptors (Lipinski definition) is 2. The Morgan fingerprint density at radius 3 is 2.41 bits per heavy atom. The number of nitrogens with zero attached hydrogens (tertiary/aromatic N) is 1. The Balaban J connectivity index is 1.95. The van der Waals surface area contributed by atoms with Crippen molar-refractivity contribution in [3.63, 3.8) is 0 Å². The van der Waals surface area contributed by atoms with Crippen LogP contribution in [0, 0.1) is 5.92 Å². The molecular weight excluding hydrogens is 346 g/mol. The van der Waals surface area contributed by atoms with Gasteiger partial charge in [0.2, 0.25) is 0 Å². The summed E-state index contributed by atoms with van der Waals surface area (Å²) in [6.07, 6.45) is 3.08. The minimum absolute atomic E-state index is 0.133. The van der Waals surface area contributed by atoms with Gasteiger partial charge in [0.05, 0.1) is 10.4 Å². The van der Waals surface area contributed by atoms with E-state index >= 15 is 0 Å². The molecule has 27 heavy (non-hydrogen) atoms. The van der Waals surface area contributed by atoms with E-state index in [-0.39, 0.29) is 5.41 Å². The standard InChI is InChI=1S/C25H27NS/c1-16(2)14-18-9-7-11-20-21-12-13-26-22(24(21)27-23(18)20)17-8-6-10-19(15-17)25(3,4)5/h6-13,15-16H,14H2,1-5H3. The van der Waals surface area contributed by atoms with E-state index in [2.05, 4.69) is 83.1 Å². The van der Waals surface area contributed by atoms with Gasteiger partial charge in [0.1, 0.15) is 0 Å². The maximum absolute atomic E-state index is 4.80. The summed E-state index contributed by atoms with van der Waals surface area (Å²) in [6, 6.07) is 17.8. The molecular formula is C25H27NS. The molecule has 0 unspecified atom stereocenters. The topological polar surface area (TPSA) is 12.9 Å². The second kappa shape index (κ2) is 6.76. The Morgan fingerprint density at radius 1 is 0.926 bits per heavy atom. The van der Waals surface area contributed by atoms with E-state index in [9.17, 15) is 0 Å². The molecule has 0 aliphatic heterocycles. The van der Waals surface area contributed by atoms with Gasteiger partial charge in [-0.25, -0.2) is 0 Å². The van der Waals surface area contributed by atoms with E-state index in [0.717, 1.165) is 12.1 Å². The first kappa shape index (κ1) is 18.2. The molecule has 0 bridgehead atoms. The summed E-state index contributed by atoms with van der Waals surface area (Å²) in [4.78, 5) is 4.80. The molecule has 0 amide bonds. The van der Waals surface area contributed by atoms with Gasteiger partial charge >= 0.3 is 0 Å². The molecule has 2 aromatic heterocycles. The number of aromatic nitrogens is 1. The normalized spacial score (nSPS) is 12.4. The molecule has 138 valence electrons. The maximum Gasteiger partial charge on any atom is 0.0880 e. The van der Waals surface area contributed by atoms with Crippen LogP contribution in [0.5, 0.6) is 0 Å². The molecule has 2 heteroatoms. The Labute approximate surface area is 166 Å². The average molecular weight is 374 g/mol. The third-order valence-corrected chi connectivity index (χ3v) is 6.43. The summed E-state index contributed by atoms with van der Waals surface area (Å²) >= 11 is 1.90. The van der Waals surface area contributed by atoms with Crippen LogP contribution in [0.4, 0.5) is 0 Å². The number of fused-ring (bicyclic) bond motifs is 3. The van der Waals surface area contributed by atoms with Gasteiger partial charge in [0.15, 0.2) is 0 Å². The molecule has 2 aromatic carbocycles. The molecule has 0 fully saturated rings. The van der Waals surface area contributed by atoms with Gasteiger partial charge in [-0.2, -0.15) is 0 Å². The zero-order chi connectivity index (χ0) is 19.2. The van der Waals surface area contributed by atoms with E-state index in [1.807, 2.05) is 17.5 Å². The molecule has 1 nitrogen and oxygen atoms in total. The number of benzene rings is 2. The van der Waals surface area contributed by atoms with E-state index in [1.165, 1.54) is 36.9 Å². The number of pyridine rings is 1. The van der Waals surface area contributed by atoms with Gasteiger partial charge in [0, 0.05) is 27.2 Å². The molecule has 4 rings (SSSR count). The third kappa shape index (κ3) is 3.39. The fourth-order valence-corrected chi connectivity index (χ4v) is 5.05. The lowest BCUT2D eigenvalue weighted by Crippen LogP contribution is -2.10. The molecule has 4 aromatic rings. The van der Waals surface area contributed by atoms with Crippen molar-refractivity contribution < 1.29 is 0 Å². The summed E-state index contributed by atoms with van der Waals surface area (Å²) in [7, 11) is 0. The fraction of sp³-hybridized carbons (Fsp3) is 0.320. The van der Waals surface area contributed by atoms with Crippen LogP contribution in [-0.2, 0) is 11.8 Å². The molecule has 2 heterocycles. The van der Waals surface area contributed by atoms with Crippen LogP contribution in [0.1, 0.15) is 45.7 Å². The second-order valence-electron chi connectivity index (χ2n) is 8.86. The van der Waals surface area contributed by atoms with Crippen molar-refractivity contribution in [2.45, 2.75) is 46.5 Å². The van der Waals surface area contributed by atoms with Crippen LogP contribution in [0.15, 0.2) is 54.7 Å². The highest BCUT2D eigenvalue weighted by atomic mass is 32.1. The van der Waals surface area contributed by atoms with E-state index in [1.54, 1.807) is 0 Å². The smallest absolute Gasteiger partial charge is 0.0880 e. The van der Waals surface area contributed by atoms with Crippen LogP contribution in [0.2, 0.25) is 0 Å². The van der Waals surface area contributed by atoms with Crippen molar-refractivity contribution in [1.29, 1.82) is 0 Å². The van der Waals surface area contributed by atoms with Crippen molar-refractivity contribution in [1.82, 2.24) is 4.98 Å². The monoisotopic (exact) mass is 373 g/mol. The van der Waals surface area contributed by atoms with Gasteiger partial charge in [-0.05, 0) is 41.0 Å². The SMILES string of the molecule is CC(C)Cc1cccc2c1sc1c(-c3cccc(C(C)(C)C)c3)nccc12. The van der Waals surface area contributed by atoms with Crippen molar-refractivity contribution in [3.05, 3.63) is 65.9 Å². The lowest BCUT2D eigenvalue weighted by molar-refractivity contribution is 0.590. The Bertz CT molecular complexity index is 1110. The summed E-state index contributed by atoms with van der Waals surface area (Å²) in [5.41, 5.74) is 5.26.